The Bertz CT molecular complexity index is 594. The molecule has 2 fully saturated rings. The van der Waals surface area contributed by atoms with E-state index in [4.69, 9.17) is 4.74 Å². The predicted molar refractivity (Wildman–Crippen MR) is 95.6 cm³/mol. The van der Waals surface area contributed by atoms with Crippen molar-refractivity contribution in [3.8, 4) is 0 Å². The van der Waals surface area contributed by atoms with Crippen molar-refractivity contribution in [2.45, 2.75) is 25.7 Å². The summed E-state index contributed by atoms with van der Waals surface area (Å²) in [5, 5.41) is 2.97. The fourth-order valence-corrected chi connectivity index (χ4v) is 3.77. The summed E-state index contributed by atoms with van der Waals surface area (Å²) in [6.07, 6.45) is 3.11. The van der Waals surface area contributed by atoms with Crippen LogP contribution in [0.4, 0.5) is 5.69 Å². The van der Waals surface area contributed by atoms with Crippen molar-refractivity contribution in [3.05, 3.63) is 28.7 Å². The van der Waals surface area contributed by atoms with Gasteiger partial charge in [-0.1, -0.05) is 22.0 Å². The maximum atomic E-state index is 12.5. The molecule has 0 unspecified atom stereocenters. The number of nitrogens with one attached hydrogen (secondary N) is 1. The van der Waals surface area contributed by atoms with E-state index in [0.717, 1.165) is 35.8 Å². The number of carbonyl (C=O) groups is 2. The first-order chi connectivity index (χ1) is 11.6. The van der Waals surface area contributed by atoms with Crippen molar-refractivity contribution in [1.29, 1.82) is 0 Å². The molecule has 6 heteroatoms. The normalized spacial score (nSPS) is 20.0. The molecule has 0 radical (unpaired) electrons. The van der Waals surface area contributed by atoms with Crippen molar-refractivity contribution in [2.24, 2.45) is 11.8 Å². The Morgan fingerprint density at radius 3 is 2.46 bits per heavy atom. The highest BCUT2D eigenvalue weighted by Crippen LogP contribution is 2.24. The second-order valence-electron chi connectivity index (χ2n) is 6.49. The molecule has 0 aromatic heterocycles. The standard InChI is InChI=1S/C18H23BrN2O3/c19-15-2-1-3-16(12-15)20-17(22)13-4-8-21(9-5-13)18(23)14-6-10-24-11-7-14/h1-3,12-14H,4-11H2,(H,20,22). The number of nitrogens with zero attached hydrogens (tertiary/aromatic N) is 1. The zero-order valence-corrected chi connectivity index (χ0v) is 15.3. The van der Waals surface area contributed by atoms with Gasteiger partial charge in [0.05, 0.1) is 0 Å². The lowest BCUT2D eigenvalue weighted by Crippen LogP contribution is -2.45. The van der Waals surface area contributed by atoms with Gasteiger partial charge in [-0.3, -0.25) is 9.59 Å². The monoisotopic (exact) mass is 394 g/mol. The number of rotatable bonds is 3. The molecule has 2 aliphatic heterocycles. The molecule has 2 heterocycles. The van der Waals surface area contributed by atoms with E-state index in [0.29, 0.717) is 26.3 Å². The van der Waals surface area contributed by atoms with Gasteiger partial charge in [0.2, 0.25) is 11.8 Å². The summed E-state index contributed by atoms with van der Waals surface area (Å²) in [5.74, 6) is 0.365. The van der Waals surface area contributed by atoms with Crippen LogP contribution < -0.4 is 5.32 Å². The minimum Gasteiger partial charge on any atom is -0.381 e. The predicted octanol–water partition coefficient (Wildman–Crippen LogP) is 3.05. The lowest BCUT2D eigenvalue weighted by Gasteiger charge is -2.34. The van der Waals surface area contributed by atoms with Gasteiger partial charge in [-0.15, -0.1) is 0 Å². The molecular formula is C18H23BrN2O3. The molecule has 1 aromatic carbocycles. The quantitative estimate of drug-likeness (QED) is 0.856. The fourth-order valence-electron chi connectivity index (χ4n) is 3.38. The van der Waals surface area contributed by atoms with Gasteiger partial charge in [0, 0.05) is 48.3 Å². The highest BCUT2D eigenvalue weighted by Gasteiger charge is 2.31. The smallest absolute Gasteiger partial charge is 0.227 e. The van der Waals surface area contributed by atoms with Crippen LogP contribution in [0.15, 0.2) is 28.7 Å². The van der Waals surface area contributed by atoms with Crippen molar-refractivity contribution in [2.75, 3.05) is 31.6 Å². The Hall–Kier alpha value is -1.40. The molecule has 2 saturated heterocycles. The summed E-state index contributed by atoms with van der Waals surface area (Å²) in [6.45, 7) is 2.71. The molecule has 2 amide bonds. The van der Waals surface area contributed by atoms with Gasteiger partial charge in [0.1, 0.15) is 0 Å². The van der Waals surface area contributed by atoms with Crippen molar-refractivity contribution >= 4 is 33.4 Å². The number of likely N-dealkylation sites (tertiary alicyclic amines) is 1. The third kappa shape index (κ3) is 4.36. The molecule has 130 valence electrons. The molecular weight excluding hydrogens is 372 g/mol. The molecule has 5 nitrogen and oxygen atoms in total. The Kier molecular flexibility index (Phi) is 5.89. The number of anilines is 1. The minimum absolute atomic E-state index is 0.0253. The fraction of sp³-hybridized carbons (Fsp3) is 0.556. The maximum absolute atomic E-state index is 12.5. The third-order valence-corrected chi connectivity index (χ3v) is 5.33. The van der Waals surface area contributed by atoms with Gasteiger partial charge < -0.3 is 15.0 Å². The van der Waals surface area contributed by atoms with Crippen LogP contribution in [0.2, 0.25) is 0 Å². The molecule has 0 spiro atoms. The summed E-state index contributed by atoms with van der Waals surface area (Å²) >= 11 is 3.41. The number of carbonyl (C=O) groups excluding carboxylic acids is 2. The summed E-state index contributed by atoms with van der Waals surface area (Å²) in [6, 6.07) is 7.60. The van der Waals surface area contributed by atoms with E-state index in [-0.39, 0.29) is 23.7 Å². The molecule has 0 aliphatic carbocycles. The van der Waals surface area contributed by atoms with Gasteiger partial charge >= 0.3 is 0 Å². The number of piperidine rings is 1. The second-order valence-corrected chi connectivity index (χ2v) is 7.40. The van der Waals surface area contributed by atoms with Crippen molar-refractivity contribution in [1.82, 2.24) is 4.90 Å². The molecule has 24 heavy (non-hydrogen) atoms. The molecule has 3 rings (SSSR count). The number of halogens is 1. The summed E-state index contributed by atoms with van der Waals surface area (Å²) in [5.41, 5.74) is 0.801. The van der Waals surface area contributed by atoms with E-state index in [1.54, 1.807) is 0 Å². The third-order valence-electron chi connectivity index (χ3n) is 4.84. The summed E-state index contributed by atoms with van der Waals surface area (Å²) in [4.78, 5) is 26.9. The van der Waals surface area contributed by atoms with Crippen LogP contribution in [0, 0.1) is 11.8 Å². The van der Waals surface area contributed by atoms with Crippen LogP contribution in [-0.2, 0) is 14.3 Å². The zero-order valence-electron chi connectivity index (χ0n) is 13.7. The average molecular weight is 395 g/mol. The Labute approximate surface area is 150 Å². The van der Waals surface area contributed by atoms with Gasteiger partial charge in [-0.2, -0.15) is 0 Å². The van der Waals surface area contributed by atoms with Gasteiger partial charge in [-0.05, 0) is 43.9 Å². The lowest BCUT2D eigenvalue weighted by molar-refractivity contribution is -0.141. The Morgan fingerprint density at radius 2 is 1.79 bits per heavy atom. The summed E-state index contributed by atoms with van der Waals surface area (Å²) in [7, 11) is 0. The average Bonchev–Trinajstić information content (AvgIpc) is 2.62. The SMILES string of the molecule is O=C(Nc1cccc(Br)c1)C1CCN(C(=O)C2CCOCC2)CC1. The van der Waals surface area contributed by atoms with E-state index < -0.39 is 0 Å². The molecule has 0 saturated carbocycles. The van der Waals surface area contributed by atoms with Crippen LogP contribution in [0.3, 0.4) is 0 Å². The largest absolute Gasteiger partial charge is 0.381 e. The Morgan fingerprint density at radius 1 is 1.08 bits per heavy atom. The molecule has 1 N–H and O–H groups in total. The highest BCUT2D eigenvalue weighted by atomic mass is 79.9. The van der Waals surface area contributed by atoms with E-state index in [1.807, 2.05) is 29.2 Å². The van der Waals surface area contributed by atoms with Gasteiger partial charge in [0.15, 0.2) is 0 Å². The maximum Gasteiger partial charge on any atom is 0.227 e. The van der Waals surface area contributed by atoms with Crippen molar-refractivity contribution < 1.29 is 14.3 Å². The molecule has 0 bridgehead atoms. The Balaban J connectivity index is 1.49. The summed E-state index contributed by atoms with van der Waals surface area (Å²) < 4.78 is 6.27. The number of ether oxygens (including phenoxy) is 1. The van der Waals surface area contributed by atoms with E-state index in [2.05, 4.69) is 21.2 Å². The van der Waals surface area contributed by atoms with E-state index >= 15 is 0 Å². The first-order valence-electron chi connectivity index (χ1n) is 8.56. The van der Waals surface area contributed by atoms with Crippen LogP contribution in [0.25, 0.3) is 0 Å². The number of amides is 2. The van der Waals surface area contributed by atoms with Crippen LogP contribution >= 0.6 is 15.9 Å². The van der Waals surface area contributed by atoms with E-state index in [1.165, 1.54) is 0 Å². The van der Waals surface area contributed by atoms with Crippen LogP contribution in [0.5, 0.6) is 0 Å². The minimum atomic E-state index is -0.0253. The number of hydrogen-bond acceptors (Lipinski definition) is 3. The van der Waals surface area contributed by atoms with Gasteiger partial charge in [0.25, 0.3) is 0 Å². The second kappa shape index (κ2) is 8.12. The number of benzene rings is 1. The van der Waals surface area contributed by atoms with Crippen LogP contribution in [0.1, 0.15) is 25.7 Å². The molecule has 2 aliphatic rings. The van der Waals surface area contributed by atoms with E-state index in [9.17, 15) is 9.59 Å². The van der Waals surface area contributed by atoms with Crippen LogP contribution in [-0.4, -0.2) is 43.0 Å². The highest BCUT2D eigenvalue weighted by molar-refractivity contribution is 9.10. The number of hydrogen-bond donors (Lipinski definition) is 1. The zero-order chi connectivity index (χ0) is 16.9. The topological polar surface area (TPSA) is 58.6 Å². The van der Waals surface area contributed by atoms with Gasteiger partial charge in [-0.25, -0.2) is 0 Å². The molecule has 1 aromatic rings. The lowest BCUT2D eigenvalue weighted by atomic mass is 9.93. The molecule has 0 atom stereocenters. The first kappa shape index (κ1) is 17.4. The van der Waals surface area contributed by atoms with Crippen molar-refractivity contribution in [3.63, 3.8) is 0 Å². The first-order valence-corrected chi connectivity index (χ1v) is 9.36.